The number of hydrogen-bond acceptors (Lipinski definition) is 6. The molecule has 1 fully saturated rings. The number of nitrogens with two attached hydrogens (primary N) is 1. The molecule has 1 aliphatic heterocycles. The van der Waals surface area contributed by atoms with Crippen molar-refractivity contribution in [1.82, 2.24) is 10.2 Å². The van der Waals surface area contributed by atoms with Crippen LogP contribution in [0.3, 0.4) is 0 Å². The summed E-state index contributed by atoms with van der Waals surface area (Å²) in [7, 11) is -3.70. The summed E-state index contributed by atoms with van der Waals surface area (Å²) in [6, 6.07) is 15.9. The molecule has 1 amide bonds. The van der Waals surface area contributed by atoms with Crippen molar-refractivity contribution in [3.63, 3.8) is 0 Å². The summed E-state index contributed by atoms with van der Waals surface area (Å²) < 4.78 is 22.7. The van der Waals surface area contributed by atoms with Gasteiger partial charge in [0.15, 0.2) is 0 Å². The molecule has 9 heteroatoms. The highest BCUT2D eigenvalue weighted by Gasteiger charge is 2.24. The van der Waals surface area contributed by atoms with Gasteiger partial charge in [0.25, 0.3) is 0 Å². The number of primary sulfonamides is 1. The zero-order valence-electron chi connectivity index (χ0n) is 18.2. The normalized spacial score (nSPS) is 16.1. The molecule has 1 saturated heterocycles. The third-order valence-corrected chi connectivity index (χ3v) is 6.71. The molecule has 32 heavy (non-hydrogen) atoms. The lowest BCUT2D eigenvalue weighted by atomic mass is 10.1. The topological polar surface area (TPSA) is 120 Å². The monoisotopic (exact) mass is 455 g/mol. The summed E-state index contributed by atoms with van der Waals surface area (Å²) in [5.74, 6) is -0.0158. The molecule has 0 saturated carbocycles. The second kappa shape index (κ2) is 10.6. The maximum absolute atomic E-state index is 12.7. The van der Waals surface area contributed by atoms with Crippen LogP contribution < -0.4 is 15.4 Å². The van der Waals surface area contributed by atoms with Crippen LogP contribution >= 0.6 is 0 Å². The van der Waals surface area contributed by atoms with Gasteiger partial charge in [-0.3, -0.25) is 9.69 Å². The highest BCUT2D eigenvalue weighted by atomic mass is 32.2. The van der Waals surface area contributed by atoms with Crippen LogP contribution in [0, 0.1) is 11.3 Å². The lowest BCUT2D eigenvalue weighted by Gasteiger charge is -2.27. The van der Waals surface area contributed by atoms with Crippen LogP contribution in [0.15, 0.2) is 53.4 Å². The van der Waals surface area contributed by atoms with Crippen LogP contribution in [0.1, 0.15) is 24.5 Å². The van der Waals surface area contributed by atoms with E-state index in [9.17, 15) is 13.2 Å². The van der Waals surface area contributed by atoms with Gasteiger partial charge in [-0.05, 0) is 61.7 Å². The lowest BCUT2D eigenvalue weighted by molar-refractivity contribution is -0.125. The molecule has 2 aromatic carbocycles. The van der Waals surface area contributed by atoms with Gasteiger partial charge in [0, 0.05) is 38.4 Å². The third kappa shape index (κ3) is 6.29. The second-order valence-electron chi connectivity index (χ2n) is 7.94. The summed E-state index contributed by atoms with van der Waals surface area (Å²) in [5.41, 5.74) is 2.67. The molecular formula is C23H29N5O3S. The Labute approximate surface area is 189 Å². The Balaban J connectivity index is 1.47. The molecule has 2 aromatic rings. The van der Waals surface area contributed by atoms with Crippen LogP contribution in [0.25, 0.3) is 0 Å². The molecule has 0 aromatic heterocycles. The van der Waals surface area contributed by atoms with E-state index in [4.69, 9.17) is 10.4 Å². The van der Waals surface area contributed by atoms with Gasteiger partial charge >= 0.3 is 0 Å². The fourth-order valence-corrected chi connectivity index (χ4v) is 4.33. The highest BCUT2D eigenvalue weighted by molar-refractivity contribution is 7.89. The predicted molar refractivity (Wildman–Crippen MR) is 124 cm³/mol. The van der Waals surface area contributed by atoms with Gasteiger partial charge in [-0.25, -0.2) is 13.6 Å². The lowest BCUT2D eigenvalue weighted by Crippen LogP contribution is -2.47. The maximum atomic E-state index is 12.7. The van der Waals surface area contributed by atoms with Crippen molar-refractivity contribution in [1.29, 1.82) is 5.26 Å². The minimum absolute atomic E-state index is 0.0158. The number of anilines is 1. The number of hydrogen-bond donors (Lipinski definition) is 2. The van der Waals surface area contributed by atoms with Gasteiger partial charge in [0.2, 0.25) is 15.9 Å². The summed E-state index contributed by atoms with van der Waals surface area (Å²) in [6.45, 7) is 5.75. The maximum Gasteiger partial charge on any atom is 0.238 e. The minimum atomic E-state index is -3.70. The SMILES string of the molecule is CC(C(=O)NCCc1ccc(S(N)(=O)=O)cc1)N1CCCN(c2ccc(C#N)cc2)CC1. The van der Waals surface area contributed by atoms with Gasteiger partial charge in [-0.2, -0.15) is 5.26 Å². The quantitative estimate of drug-likeness (QED) is 0.652. The number of nitriles is 1. The standard InChI is InChI=1S/C23H29N5O3S/c1-18(23(29)26-12-11-19-5-9-22(10-6-19)32(25,30)31)27-13-2-14-28(16-15-27)21-7-3-20(17-24)4-8-21/h3-10,18H,2,11-16H2,1H3,(H,26,29)(H2,25,30,31). The van der Waals surface area contributed by atoms with E-state index in [-0.39, 0.29) is 16.8 Å². The van der Waals surface area contributed by atoms with Gasteiger partial charge in [-0.1, -0.05) is 12.1 Å². The highest BCUT2D eigenvalue weighted by Crippen LogP contribution is 2.18. The van der Waals surface area contributed by atoms with Crippen molar-refractivity contribution in [2.45, 2.75) is 30.7 Å². The molecule has 170 valence electrons. The number of benzene rings is 2. The molecule has 3 rings (SSSR count). The van der Waals surface area contributed by atoms with E-state index in [1.54, 1.807) is 12.1 Å². The predicted octanol–water partition coefficient (Wildman–Crippen LogP) is 1.47. The Kier molecular flexibility index (Phi) is 7.85. The average molecular weight is 456 g/mol. The van der Waals surface area contributed by atoms with E-state index < -0.39 is 10.0 Å². The van der Waals surface area contributed by atoms with E-state index >= 15 is 0 Å². The van der Waals surface area contributed by atoms with E-state index in [2.05, 4.69) is 21.2 Å². The van der Waals surface area contributed by atoms with E-state index in [1.807, 2.05) is 31.2 Å². The van der Waals surface area contributed by atoms with Crippen LogP contribution in [-0.2, 0) is 21.2 Å². The number of rotatable bonds is 7. The number of sulfonamides is 1. The Morgan fingerprint density at radius 2 is 1.78 bits per heavy atom. The summed E-state index contributed by atoms with van der Waals surface area (Å²) >= 11 is 0. The number of nitrogens with zero attached hydrogens (tertiary/aromatic N) is 3. The number of amides is 1. The third-order valence-electron chi connectivity index (χ3n) is 5.78. The van der Waals surface area contributed by atoms with Crippen LogP contribution in [-0.4, -0.2) is 58.0 Å². The molecule has 1 atom stereocenters. The Morgan fingerprint density at radius 3 is 2.41 bits per heavy atom. The summed E-state index contributed by atoms with van der Waals surface area (Å²) in [5, 5.41) is 17.1. The first-order valence-electron chi connectivity index (χ1n) is 10.7. The van der Waals surface area contributed by atoms with Gasteiger partial charge in [0.1, 0.15) is 0 Å². The van der Waals surface area contributed by atoms with Gasteiger partial charge < -0.3 is 10.2 Å². The number of nitrogens with one attached hydrogen (secondary N) is 1. The van der Waals surface area contributed by atoms with E-state index in [0.717, 1.165) is 43.9 Å². The van der Waals surface area contributed by atoms with E-state index in [1.165, 1.54) is 12.1 Å². The summed E-state index contributed by atoms with van der Waals surface area (Å²) in [4.78, 5) is 17.2. The molecule has 8 nitrogen and oxygen atoms in total. The molecule has 1 aliphatic rings. The fraction of sp³-hybridized carbons (Fsp3) is 0.391. The van der Waals surface area contributed by atoms with E-state index in [0.29, 0.717) is 18.5 Å². The van der Waals surface area contributed by atoms with Crippen molar-refractivity contribution in [3.05, 3.63) is 59.7 Å². The van der Waals surface area contributed by atoms with Crippen LogP contribution in [0.2, 0.25) is 0 Å². The first kappa shape index (κ1) is 23.7. The zero-order chi connectivity index (χ0) is 23.1. The zero-order valence-corrected chi connectivity index (χ0v) is 19.0. The first-order chi connectivity index (χ1) is 15.3. The van der Waals surface area contributed by atoms with Crippen molar-refractivity contribution >= 4 is 21.6 Å². The molecule has 1 heterocycles. The van der Waals surface area contributed by atoms with Crippen molar-refractivity contribution < 1.29 is 13.2 Å². The Morgan fingerprint density at radius 1 is 1.09 bits per heavy atom. The van der Waals surface area contributed by atoms with Crippen LogP contribution in [0.5, 0.6) is 0 Å². The van der Waals surface area contributed by atoms with Gasteiger partial charge in [0.05, 0.1) is 22.6 Å². The Hall–Kier alpha value is -2.93. The molecule has 0 radical (unpaired) electrons. The number of carbonyl (C=O) groups is 1. The molecule has 0 spiro atoms. The van der Waals surface area contributed by atoms with Crippen molar-refractivity contribution in [3.8, 4) is 6.07 Å². The summed E-state index contributed by atoms with van der Waals surface area (Å²) in [6.07, 6.45) is 1.56. The van der Waals surface area contributed by atoms with Gasteiger partial charge in [-0.15, -0.1) is 0 Å². The second-order valence-corrected chi connectivity index (χ2v) is 9.50. The largest absolute Gasteiger partial charge is 0.370 e. The molecule has 1 unspecified atom stereocenters. The Bertz CT molecular complexity index is 1060. The molecule has 0 bridgehead atoms. The minimum Gasteiger partial charge on any atom is -0.370 e. The van der Waals surface area contributed by atoms with Crippen molar-refractivity contribution in [2.24, 2.45) is 5.14 Å². The molecular weight excluding hydrogens is 426 g/mol. The first-order valence-corrected chi connectivity index (χ1v) is 12.2. The number of carbonyl (C=O) groups excluding carboxylic acids is 1. The smallest absolute Gasteiger partial charge is 0.238 e. The van der Waals surface area contributed by atoms with Crippen molar-refractivity contribution in [2.75, 3.05) is 37.6 Å². The average Bonchev–Trinajstić information content (AvgIpc) is 3.04. The van der Waals surface area contributed by atoms with Crippen LogP contribution in [0.4, 0.5) is 5.69 Å². The molecule has 3 N–H and O–H groups in total. The fourth-order valence-electron chi connectivity index (χ4n) is 3.82. The molecule has 0 aliphatic carbocycles.